The van der Waals surface area contributed by atoms with Gasteiger partial charge in [-0.05, 0) is 48.7 Å². The Balaban J connectivity index is 1.60. The first-order valence-electron chi connectivity index (χ1n) is 8.98. The third-order valence-electron chi connectivity index (χ3n) is 4.81. The van der Waals surface area contributed by atoms with Crippen molar-refractivity contribution >= 4 is 29.6 Å². The molecule has 144 valence electrons. The third-order valence-corrected chi connectivity index (χ3v) is 4.81. The summed E-state index contributed by atoms with van der Waals surface area (Å²) in [6.07, 6.45) is 4.77. The average molecular weight is 383 g/mol. The second-order valence-corrected chi connectivity index (χ2v) is 6.69. The largest absolute Gasteiger partial charge is 0.467 e. The molecule has 1 N–H and O–H groups in total. The molecule has 0 unspecified atom stereocenters. The first kappa shape index (κ1) is 18.0. The predicted octanol–water partition coefficient (Wildman–Crippen LogP) is 2.68. The van der Waals surface area contributed by atoms with E-state index in [4.69, 9.17) is 4.42 Å². The van der Waals surface area contributed by atoms with Crippen molar-refractivity contribution < 1.29 is 23.2 Å². The summed E-state index contributed by atoms with van der Waals surface area (Å²) >= 11 is 0. The molecule has 0 atom stereocenters. The van der Waals surface area contributed by atoms with Gasteiger partial charge in [-0.15, -0.1) is 0 Å². The second-order valence-electron chi connectivity index (χ2n) is 6.69. The molecular weight excluding hydrogens is 365 g/mol. The quantitative estimate of drug-likeness (QED) is 0.648. The summed E-state index contributed by atoms with van der Waals surface area (Å²) < 4.78 is 19.7. The number of carbonyl (C=O) groups excluding carboxylic acids is 3. The number of rotatable bonds is 4. The highest BCUT2D eigenvalue weighted by molar-refractivity contribution is 6.30. The number of carbonyl (C=O) groups is 3. The van der Waals surface area contributed by atoms with Crippen LogP contribution in [0.3, 0.4) is 0 Å². The van der Waals surface area contributed by atoms with E-state index >= 15 is 0 Å². The van der Waals surface area contributed by atoms with Gasteiger partial charge in [-0.25, -0.2) is 9.18 Å². The van der Waals surface area contributed by atoms with E-state index in [1.807, 2.05) is 4.90 Å². The SMILES string of the molecule is O=C1NC(=O)N(Cc2ccco2)C(=O)C1=Cc1ccc(N2CCCC2)c(F)c1. The zero-order chi connectivity index (χ0) is 19.7. The fourth-order valence-electron chi connectivity index (χ4n) is 3.39. The van der Waals surface area contributed by atoms with Crippen molar-refractivity contribution in [3.8, 4) is 0 Å². The summed E-state index contributed by atoms with van der Waals surface area (Å²) in [5.41, 5.74) is 0.638. The van der Waals surface area contributed by atoms with E-state index < -0.39 is 23.7 Å². The zero-order valence-corrected chi connectivity index (χ0v) is 15.0. The number of barbiturate groups is 1. The van der Waals surface area contributed by atoms with E-state index in [0.29, 0.717) is 17.0 Å². The Bertz CT molecular complexity index is 962. The molecule has 4 amide bonds. The van der Waals surface area contributed by atoms with Crippen molar-refractivity contribution in [3.05, 3.63) is 59.3 Å². The summed E-state index contributed by atoms with van der Waals surface area (Å²) in [5, 5.41) is 2.13. The highest BCUT2D eigenvalue weighted by atomic mass is 19.1. The molecule has 3 heterocycles. The van der Waals surface area contributed by atoms with Gasteiger partial charge in [0.05, 0.1) is 18.5 Å². The Labute approximate surface area is 160 Å². The maximum atomic E-state index is 14.5. The lowest BCUT2D eigenvalue weighted by Gasteiger charge is -2.25. The lowest BCUT2D eigenvalue weighted by molar-refractivity contribution is -0.130. The number of nitrogens with one attached hydrogen (secondary N) is 1. The lowest BCUT2D eigenvalue weighted by Crippen LogP contribution is -2.53. The van der Waals surface area contributed by atoms with Crippen molar-refractivity contribution in [2.24, 2.45) is 0 Å². The number of halogens is 1. The van der Waals surface area contributed by atoms with Gasteiger partial charge in [0.2, 0.25) is 0 Å². The molecule has 2 aromatic rings. The van der Waals surface area contributed by atoms with Crippen molar-refractivity contribution in [2.75, 3.05) is 18.0 Å². The highest BCUT2D eigenvalue weighted by Gasteiger charge is 2.36. The molecule has 8 heteroatoms. The first-order chi connectivity index (χ1) is 13.5. The van der Waals surface area contributed by atoms with Crippen LogP contribution in [0.5, 0.6) is 0 Å². The smallest absolute Gasteiger partial charge is 0.331 e. The van der Waals surface area contributed by atoms with Gasteiger partial charge in [0, 0.05) is 13.1 Å². The maximum absolute atomic E-state index is 14.5. The minimum Gasteiger partial charge on any atom is -0.467 e. The standard InChI is InChI=1S/C20H18FN3O4/c21-16-11-13(5-6-17(16)23-7-1-2-8-23)10-15-18(25)22-20(27)24(19(15)26)12-14-4-3-9-28-14/h3-6,9-11H,1-2,7-8,12H2,(H,22,25,27). The Morgan fingerprint density at radius 1 is 1.14 bits per heavy atom. The minimum absolute atomic E-state index is 0.107. The van der Waals surface area contributed by atoms with Gasteiger partial charge in [0.1, 0.15) is 17.2 Å². The van der Waals surface area contributed by atoms with Gasteiger partial charge in [-0.1, -0.05) is 6.07 Å². The normalized spacial score (nSPS) is 18.9. The molecule has 0 spiro atoms. The van der Waals surface area contributed by atoms with Crippen LogP contribution in [0.25, 0.3) is 6.08 Å². The molecule has 2 aliphatic heterocycles. The molecule has 0 aliphatic carbocycles. The average Bonchev–Trinajstić information content (AvgIpc) is 3.36. The van der Waals surface area contributed by atoms with Crippen LogP contribution in [-0.2, 0) is 16.1 Å². The van der Waals surface area contributed by atoms with Crippen LogP contribution in [0.2, 0.25) is 0 Å². The molecule has 1 aromatic carbocycles. The number of anilines is 1. The molecule has 28 heavy (non-hydrogen) atoms. The summed E-state index contributed by atoms with van der Waals surface area (Å²) in [4.78, 5) is 39.7. The number of hydrogen-bond donors (Lipinski definition) is 1. The molecule has 2 fully saturated rings. The van der Waals surface area contributed by atoms with Crippen LogP contribution in [-0.4, -0.2) is 35.8 Å². The lowest BCUT2D eigenvalue weighted by atomic mass is 10.1. The van der Waals surface area contributed by atoms with E-state index in [1.165, 1.54) is 18.4 Å². The van der Waals surface area contributed by atoms with Gasteiger partial charge in [-0.3, -0.25) is 19.8 Å². The highest BCUT2D eigenvalue weighted by Crippen LogP contribution is 2.26. The molecule has 7 nitrogen and oxygen atoms in total. The van der Waals surface area contributed by atoms with E-state index in [-0.39, 0.29) is 12.1 Å². The fourth-order valence-corrected chi connectivity index (χ4v) is 3.39. The summed E-state index contributed by atoms with van der Waals surface area (Å²) in [6, 6.07) is 7.01. The Kier molecular flexibility index (Phi) is 4.68. The topological polar surface area (TPSA) is 82.9 Å². The van der Waals surface area contributed by atoms with Gasteiger partial charge in [0.15, 0.2) is 0 Å². The van der Waals surface area contributed by atoms with Crippen LogP contribution >= 0.6 is 0 Å². The number of urea groups is 1. The number of furan rings is 1. The van der Waals surface area contributed by atoms with E-state index in [0.717, 1.165) is 30.8 Å². The number of benzene rings is 1. The molecule has 2 aliphatic rings. The molecule has 4 rings (SSSR count). The Hall–Kier alpha value is -3.42. The monoisotopic (exact) mass is 383 g/mol. The second kappa shape index (κ2) is 7.30. The molecule has 0 saturated carbocycles. The Morgan fingerprint density at radius 3 is 2.61 bits per heavy atom. The van der Waals surface area contributed by atoms with E-state index in [2.05, 4.69) is 5.32 Å². The third kappa shape index (κ3) is 3.40. The Morgan fingerprint density at radius 2 is 1.93 bits per heavy atom. The van der Waals surface area contributed by atoms with Crippen LogP contribution in [0.15, 0.2) is 46.6 Å². The van der Waals surface area contributed by atoms with Crippen LogP contribution in [0.1, 0.15) is 24.2 Å². The molecule has 0 bridgehead atoms. The predicted molar refractivity (Wildman–Crippen MR) is 98.6 cm³/mol. The van der Waals surface area contributed by atoms with Crippen LogP contribution < -0.4 is 10.2 Å². The molecule has 2 saturated heterocycles. The zero-order valence-electron chi connectivity index (χ0n) is 15.0. The van der Waals surface area contributed by atoms with Gasteiger partial charge in [0.25, 0.3) is 11.8 Å². The summed E-state index contributed by atoms with van der Waals surface area (Å²) in [5.74, 6) is -1.58. The van der Waals surface area contributed by atoms with Gasteiger partial charge in [-0.2, -0.15) is 0 Å². The van der Waals surface area contributed by atoms with E-state index in [9.17, 15) is 18.8 Å². The maximum Gasteiger partial charge on any atom is 0.331 e. The summed E-state index contributed by atoms with van der Waals surface area (Å²) in [7, 11) is 0. The first-order valence-corrected chi connectivity index (χ1v) is 8.98. The summed E-state index contributed by atoms with van der Waals surface area (Å²) in [6.45, 7) is 1.51. The van der Waals surface area contributed by atoms with Gasteiger partial charge >= 0.3 is 6.03 Å². The molecule has 0 radical (unpaired) electrons. The molecule has 1 aromatic heterocycles. The van der Waals surface area contributed by atoms with E-state index in [1.54, 1.807) is 24.3 Å². The number of nitrogens with zero attached hydrogens (tertiary/aromatic N) is 2. The van der Waals surface area contributed by atoms with Crippen LogP contribution in [0.4, 0.5) is 14.9 Å². The minimum atomic E-state index is -0.820. The van der Waals surface area contributed by atoms with Crippen molar-refractivity contribution in [3.63, 3.8) is 0 Å². The van der Waals surface area contributed by atoms with Crippen LogP contribution in [0, 0.1) is 5.82 Å². The van der Waals surface area contributed by atoms with Crippen molar-refractivity contribution in [1.82, 2.24) is 10.2 Å². The van der Waals surface area contributed by atoms with Crippen molar-refractivity contribution in [1.29, 1.82) is 0 Å². The number of amides is 4. The van der Waals surface area contributed by atoms with Crippen molar-refractivity contribution in [2.45, 2.75) is 19.4 Å². The number of imide groups is 2. The molecular formula is C20H18FN3O4. The fraction of sp³-hybridized carbons (Fsp3) is 0.250. The van der Waals surface area contributed by atoms with Gasteiger partial charge < -0.3 is 9.32 Å². The number of hydrogen-bond acceptors (Lipinski definition) is 5.